The Balaban J connectivity index is 1.75. The molecule has 1 unspecified atom stereocenters. The summed E-state index contributed by atoms with van der Waals surface area (Å²) in [5, 5.41) is 21.3. The zero-order chi connectivity index (χ0) is 14.4. The van der Waals surface area contributed by atoms with Gasteiger partial charge in [-0.25, -0.2) is 4.39 Å². The van der Waals surface area contributed by atoms with E-state index in [0.717, 1.165) is 12.8 Å². The monoisotopic (exact) mass is 278 g/mol. The number of hydrogen-bond donors (Lipinski definition) is 2. The number of hydrogen-bond acceptors (Lipinski definition) is 4. The summed E-state index contributed by atoms with van der Waals surface area (Å²) in [6.07, 6.45) is 4.08. The molecular formula is C15H19FN2O2. The Bertz CT molecular complexity index is 481. The molecule has 0 aromatic heterocycles. The van der Waals surface area contributed by atoms with Crippen molar-refractivity contribution in [2.75, 3.05) is 18.5 Å². The fourth-order valence-corrected chi connectivity index (χ4v) is 2.32. The van der Waals surface area contributed by atoms with Crippen LogP contribution in [0.1, 0.15) is 31.2 Å². The molecule has 1 aliphatic carbocycles. The van der Waals surface area contributed by atoms with Gasteiger partial charge in [0.05, 0.1) is 36.1 Å². The molecule has 5 heteroatoms. The average molecular weight is 278 g/mol. The zero-order valence-corrected chi connectivity index (χ0v) is 11.3. The minimum absolute atomic E-state index is 0.218. The van der Waals surface area contributed by atoms with E-state index in [1.54, 1.807) is 0 Å². The predicted molar refractivity (Wildman–Crippen MR) is 73.8 cm³/mol. The van der Waals surface area contributed by atoms with Crippen molar-refractivity contribution < 1.29 is 14.2 Å². The van der Waals surface area contributed by atoms with Gasteiger partial charge in [0.1, 0.15) is 5.82 Å². The van der Waals surface area contributed by atoms with E-state index in [9.17, 15) is 9.50 Å². The summed E-state index contributed by atoms with van der Waals surface area (Å²) < 4.78 is 19.2. The Morgan fingerprint density at radius 2 is 2.20 bits per heavy atom. The predicted octanol–water partition coefficient (Wildman–Crippen LogP) is 2.43. The molecule has 1 atom stereocenters. The Morgan fingerprint density at radius 3 is 2.85 bits per heavy atom. The SMILES string of the molecule is N#Cc1ccc(NCC(O)COC2CCCC2)c(F)c1. The number of anilines is 1. The Kier molecular flexibility index (Phi) is 5.33. The van der Waals surface area contributed by atoms with Crippen LogP contribution < -0.4 is 5.32 Å². The molecule has 1 aromatic rings. The van der Waals surface area contributed by atoms with Crippen molar-refractivity contribution in [3.63, 3.8) is 0 Å². The van der Waals surface area contributed by atoms with Gasteiger partial charge in [0.25, 0.3) is 0 Å². The molecule has 1 aromatic carbocycles. The van der Waals surface area contributed by atoms with Crippen molar-refractivity contribution in [2.24, 2.45) is 0 Å². The second-order valence-corrected chi connectivity index (χ2v) is 5.08. The highest BCUT2D eigenvalue weighted by Gasteiger charge is 2.17. The molecule has 20 heavy (non-hydrogen) atoms. The van der Waals surface area contributed by atoms with Crippen molar-refractivity contribution in [3.8, 4) is 6.07 Å². The Labute approximate surface area is 118 Å². The van der Waals surface area contributed by atoms with Crippen LogP contribution in [-0.2, 0) is 4.74 Å². The summed E-state index contributed by atoms with van der Waals surface area (Å²) in [6, 6.07) is 6.08. The lowest BCUT2D eigenvalue weighted by molar-refractivity contribution is -0.00119. The molecule has 0 heterocycles. The standard InChI is InChI=1S/C15H19FN2O2/c16-14-7-11(8-17)5-6-15(14)18-9-12(19)10-20-13-3-1-2-4-13/h5-7,12-13,18-19H,1-4,9-10H2. The second kappa shape index (κ2) is 7.22. The number of nitriles is 1. The van der Waals surface area contributed by atoms with E-state index in [-0.39, 0.29) is 30.5 Å². The van der Waals surface area contributed by atoms with E-state index in [4.69, 9.17) is 10.00 Å². The van der Waals surface area contributed by atoms with Crippen LogP contribution in [0.3, 0.4) is 0 Å². The molecule has 0 aliphatic heterocycles. The van der Waals surface area contributed by atoms with Crippen molar-refractivity contribution in [3.05, 3.63) is 29.6 Å². The zero-order valence-electron chi connectivity index (χ0n) is 11.3. The number of rotatable bonds is 6. The quantitative estimate of drug-likeness (QED) is 0.838. The van der Waals surface area contributed by atoms with Crippen LogP contribution in [0.4, 0.5) is 10.1 Å². The summed E-state index contributed by atoms with van der Waals surface area (Å²) in [4.78, 5) is 0. The number of benzene rings is 1. The topological polar surface area (TPSA) is 65.3 Å². The molecule has 108 valence electrons. The van der Waals surface area contributed by atoms with Gasteiger partial charge in [-0.15, -0.1) is 0 Å². The van der Waals surface area contributed by atoms with Gasteiger partial charge in [-0.3, -0.25) is 0 Å². The van der Waals surface area contributed by atoms with Crippen molar-refractivity contribution in [1.82, 2.24) is 0 Å². The van der Waals surface area contributed by atoms with E-state index in [0.29, 0.717) is 0 Å². The first-order chi connectivity index (χ1) is 9.69. The van der Waals surface area contributed by atoms with Gasteiger partial charge < -0.3 is 15.2 Å². The lowest BCUT2D eigenvalue weighted by Gasteiger charge is -2.16. The van der Waals surface area contributed by atoms with Crippen LogP contribution in [0, 0.1) is 17.1 Å². The minimum atomic E-state index is -0.675. The van der Waals surface area contributed by atoms with Crippen molar-refractivity contribution >= 4 is 5.69 Å². The summed E-state index contributed by atoms with van der Waals surface area (Å²) in [5.41, 5.74) is 0.557. The molecule has 4 nitrogen and oxygen atoms in total. The fourth-order valence-electron chi connectivity index (χ4n) is 2.32. The largest absolute Gasteiger partial charge is 0.389 e. The molecule has 2 N–H and O–H groups in total. The second-order valence-electron chi connectivity index (χ2n) is 5.08. The smallest absolute Gasteiger partial charge is 0.147 e. The van der Waals surface area contributed by atoms with E-state index in [1.165, 1.54) is 31.0 Å². The van der Waals surface area contributed by atoms with E-state index < -0.39 is 11.9 Å². The molecule has 0 bridgehead atoms. The average Bonchev–Trinajstić information content (AvgIpc) is 2.97. The van der Waals surface area contributed by atoms with Gasteiger partial charge in [0, 0.05) is 6.54 Å². The number of halogens is 1. The maximum atomic E-state index is 13.6. The first-order valence-corrected chi connectivity index (χ1v) is 6.92. The van der Waals surface area contributed by atoms with Gasteiger partial charge in [-0.05, 0) is 31.0 Å². The van der Waals surface area contributed by atoms with E-state index in [2.05, 4.69) is 5.32 Å². The highest BCUT2D eigenvalue weighted by Crippen LogP contribution is 2.21. The first kappa shape index (κ1) is 14.8. The molecule has 0 radical (unpaired) electrons. The third kappa shape index (κ3) is 4.19. The minimum Gasteiger partial charge on any atom is -0.389 e. The Morgan fingerprint density at radius 1 is 1.45 bits per heavy atom. The van der Waals surface area contributed by atoms with Crippen LogP contribution in [0.15, 0.2) is 18.2 Å². The number of nitrogens with zero attached hydrogens (tertiary/aromatic N) is 1. The fraction of sp³-hybridized carbons (Fsp3) is 0.533. The van der Waals surface area contributed by atoms with Gasteiger partial charge in [0.15, 0.2) is 0 Å². The summed E-state index contributed by atoms with van der Waals surface area (Å²) in [5.74, 6) is -0.493. The highest BCUT2D eigenvalue weighted by atomic mass is 19.1. The molecular weight excluding hydrogens is 259 g/mol. The van der Waals surface area contributed by atoms with Gasteiger partial charge in [-0.2, -0.15) is 5.26 Å². The van der Waals surface area contributed by atoms with Gasteiger partial charge in [0.2, 0.25) is 0 Å². The van der Waals surface area contributed by atoms with Gasteiger partial charge in [-0.1, -0.05) is 12.8 Å². The molecule has 0 spiro atoms. The third-order valence-electron chi connectivity index (χ3n) is 3.45. The Hall–Kier alpha value is -1.64. The molecule has 0 saturated heterocycles. The van der Waals surface area contributed by atoms with Crippen LogP contribution in [0.5, 0.6) is 0 Å². The normalized spacial score (nSPS) is 16.9. The maximum Gasteiger partial charge on any atom is 0.147 e. The third-order valence-corrected chi connectivity index (χ3v) is 3.45. The number of nitrogens with one attached hydrogen (secondary N) is 1. The lowest BCUT2D eigenvalue weighted by atomic mass is 10.2. The molecule has 1 fully saturated rings. The maximum absolute atomic E-state index is 13.6. The number of ether oxygens (including phenoxy) is 1. The van der Waals surface area contributed by atoms with Crippen LogP contribution in [0.2, 0.25) is 0 Å². The summed E-state index contributed by atoms with van der Waals surface area (Å²) in [6.45, 7) is 0.477. The van der Waals surface area contributed by atoms with Crippen LogP contribution >= 0.6 is 0 Å². The number of aliphatic hydroxyl groups is 1. The summed E-state index contributed by atoms with van der Waals surface area (Å²) in [7, 11) is 0. The summed E-state index contributed by atoms with van der Waals surface area (Å²) >= 11 is 0. The molecule has 1 saturated carbocycles. The number of aliphatic hydroxyl groups excluding tert-OH is 1. The molecule has 1 aliphatic rings. The lowest BCUT2D eigenvalue weighted by Crippen LogP contribution is -2.27. The van der Waals surface area contributed by atoms with E-state index >= 15 is 0 Å². The van der Waals surface area contributed by atoms with Crippen LogP contribution in [-0.4, -0.2) is 30.5 Å². The van der Waals surface area contributed by atoms with Crippen LogP contribution in [0.25, 0.3) is 0 Å². The van der Waals surface area contributed by atoms with Crippen molar-refractivity contribution in [2.45, 2.75) is 37.9 Å². The van der Waals surface area contributed by atoms with E-state index in [1.807, 2.05) is 6.07 Å². The first-order valence-electron chi connectivity index (χ1n) is 6.92. The molecule has 0 amide bonds. The van der Waals surface area contributed by atoms with Crippen molar-refractivity contribution in [1.29, 1.82) is 5.26 Å². The molecule has 2 rings (SSSR count). The van der Waals surface area contributed by atoms with Gasteiger partial charge >= 0.3 is 0 Å². The highest BCUT2D eigenvalue weighted by molar-refractivity contribution is 5.48.